The fraction of sp³-hybridized carbons (Fsp3) is 0.545. The first-order chi connectivity index (χ1) is 8.43. The van der Waals surface area contributed by atoms with Gasteiger partial charge in [0.1, 0.15) is 6.04 Å². The second-order valence-corrected chi connectivity index (χ2v) is 4.63. The summed E-state index contributed by atoms with van der Waals surface area (Å²) in [6, 6.07) is -0.511. The number of carbonyl (C=O) groups excluding carboxylic acids is 1. The van der Waals surface area contributed by atoms with Crippen LogP contribution in [0.5, 0.6) is 0 Å². The molecule has 1 rings (SSSR count). The number of nitrogens with zero attached hydrogens (tertiary/aromatic N) is 2. The molecule has 1 unspecified atom stereocenters. The second kappa shape index (κ2) is 6.39. The molecule has 0 bridgehead atoms. The third-order valence-electron chi connectivity index (χ3n) is 2.29. The molecule has 1 atom stereocenters. The molecule has 7 heteroatoms. The van der Waals surface area contributed by atoms with Gasteiger partial charge < -0.3 is 15.8 Å². The SMILES string of the molecule is COC(=O)C(CC(C)C)Nc1nc(Cl)ncc1N. The summed E-state index contributed by atoms with van der Waals surface area (Å²) in [5, 5.41) is 3.00. The Bertz CT molecular complexity index is 426. The molecular weight excluding hydrogens is 256 g/mol. The van der Waals surface area contributed by atoms with Crippen molar-refractivity contribution in [2.75, 3.05) is 18.2 Å². The van der Waals surface area contributed by atoms with Crippen molar-refractivity contribution in [2.24, 2.45) is 5.92 Å². The molecule has 0 aliphatic carbocycles. The lowest BCUT2D eigenvalue weighted by Gasteiger charge is -2.19. The van der Waals surface area contributed by atoms with Gasteiger partial charge >= 0.3 is 5.97 Å². The number of hydrogen-bond donors (Lipinski definition) is 2. The van der Waals surface area contributed by atoms with E-state index in [9.17, 15) is 4.79 Å². The third-order valence-corrected chi connectivity index (χ3v) is 2.47. The predicted molar refractivity (Wildman–Crippen MR) is 70.3 cm³/mol. The molecule has 0 spiro atoms. The molecule has 0 saturated carbocycles. The van der Waals surface area contributed by atoms with Gasteiger partial charge in [0.25, 0.3) is 0 Å². The highest BCUT2D eigenvalue weighted by Crippen LogP contribution is 2.19. The van der Waals surface area contributed by atoms with Crippen LogP contribution < -0.4 is 11.1 Å². The average Bonchev–Trinajstić information content (AvgIpc) is 2.31. The van der Waals surface area contributed by atoms with Gasteiger partial charge in [-0.25, -0.2) is 9.78 Å². The first-order valence-corrected chi connectivity index (χ1v) is 5.94. The van der Waals surface area contributed by atoms with Gasteiger partial charge in [-0.05, 0) is 23.9 Å². The fourth-order valence-corrected chi connectivity index (χ4v) is 1.61. The number of esters is 1. The summed E-state index contributed by atoms with van der Waals surface area (Å²) in [6.07, 6.45) is 2.00. The van der Waals surface area contributed by atoms with E-state index in [1.54, 1.807) is 0 Å². The highest BCUT2D eigenvalue weighted by molar-refractivity contribution is 6.28. The number of aromatic nitrogens is 2. The van der Waals surface area contributed by atoms with E-state index in [1.807, 2.05) is 13.8 Å². The summed E-state index contributed by atoms with van der Waals surface area (Å²) >= 11 is 5.69. The van der Waals surface area contributed by atoms with Crippen LogP contribution in [-0.4, -0.2) is 29.1 Å². The number of rotatable bonds is 5. The van der Waals surface area contributed by atoms with E-state index < -0.39 is 6.04 Å². The smallest absolute Gasteiger partial charge is 0.328 e. The molecule has 0 amide bonds. The molecule has 1 heterocycles. The Morgan fingerprint density at radius 2 is 2.28 bits per heavy atom. The highest BCUT2D eigenvalue weighted by Gasteiger charge is 2.21. The lowest BCUT2D eigenvalue weighted by atomic mass is 10.0. The summed E-state index contributed by atoms with van der Waals surface area (Å²) in [5.41, 5.74) is 6.04. The first kappa shape index (κ1) is 14.5. The average molecular weight is 273 g/mol. The Kier molecular flexibility index (Phi) is 5.15. The van der Waals surface area contributed by atoms with Crippen molar-refractivity contribution in [3.8, 4) is 0 Å². The van der Waals surface area contributed by atoms with E-state index in [2.05, 4.69) is 15.3 Å². The molecule has 0 aliphatic heterocycles. The minimum Gasteiger partial charge on any atom is -0.467 e. The summed E-state index contributed by atoms with van der Waals surface area (Å²) in [5.74, 6) is 0.295. The van der Waals surface area contributed by atoms with Crippen LogP contribution in [-0.2, 0) is 9.53 Å². The zero-order valence-electron chi connectivity index (χ0n) is 10.6. The predicted octanol–water partition coefficient (Wildman–Crippen LogP) is 1.71. The third kappa shape index (κ3) is 4.03. The minimum absolute atomic E-state index is 0.0693. The maximum absolute atomic E-state index is 11.6. The van der Waals surface area contributed by atoms with E-state index >= 15 is 0 Å². The Morgan fingerprint density at radius 1 is 1.61 bits per heavy atom. The van der Waals surface area contributed by atoms with Crippen molar-refractivity contribution in [3.63, 3.8) is 0 Å². The molecule has 1 aromatic heterocycles. The molecule has 0 radical (unpaired) electrons. The van der Waals surface area contributed by atoms with Crippen molar-refractivity contribution >= 4 is 29.1 Å². The van der Waals surface area contributed by atoms with E-state index in [4.69, 9.17) is 22.1 Å². The standard InChI is InChI=1S/C11H17ClN4O2/c1-6(2)4-8(10(17)18-3)15-9-7(13)5-14-11(12)16-9/h5-6,8H,4,13H2,1-3H3,(H,14,15,16). The van der Waals surface area contributed by atoms with Crippen LogP contribution in [0.1, 0.15) is 20.3 Å². The molecule has 0 fully saturated rings. The Morgan fingerprint density at radius 3 is 2.83 bits per heavy atom. The van der Waals surface area contributed by atoms with Crippen molar-refractivity contribution < 1.29 is 9.53 Å². The van der Waals surface area contributed by atoms with E-state index in [0.29, 0.717) is 23.8 Å². The minimum atomic E-state index is -0.511. The van der Waals surface area contributed by atoms with Crippen LogP contribution in [0.15, 0.2) is 6.20 Å². The van der Waals surface area contributed by atoms with E-state index in [1.165, 1.54) is 13.3 Å². The van der Waals surface area contributed by atoms with Gasteiger partial charge in [0.15, 0.2) is 5.82 Å². The quantitative estimate of drug-likeness (QED) is 0.626. The van der Waals surface area contributed by atoms with Gasteiger partial charge in [0, 0.05) is 0 Å². The van der Waals surface area contributed by atoms with Crippen LogP contribution in [0.4, 0.5) is 11.5 Å². The number of nitrogens with two attached hydrogens (primary N) is 1. The zero-order chi connectivity index (χ0) is 13.7. The summed E-state index contributed by atoms with van der Waals surface area (Å²) in [4.78, 5) is 19.3. The number of nitrogens with one attached hydrogen (secondary N) is 1. The summed E-state index contributed by atoms with van der Waals surface area (Å²) in [7, 11) is 1.34. The van der Waals surface area contributed by atoms with Gasteiger partial charge in [-0.3, -0.25) is 0 Å². The second-order valence-electron chi connectivity index (χ2n) is 4.29. The Balaban J connectivity index is 2.88. The van der Waals surface area contributed by atoms with Crippen molar-refractivity contribution in [3.05, 3.63) is 11.5 Å². The number of nitrogen functional groups attached to an aromatic ring is 1. The molecule has 3 N–H and O–H groups in total. The van der Waals surface area contributed by atoms with Gasteiger partial charge in [-0.15, -0.1) is 0 Å². The number of methoxy groups -OCH3 is 1. The molecule has 1 aromatic rings. The summed E-state index contributed by atoms with van der Waals surface area (Å²) in [6.45, 7) is 4.02. The van der Waals surface area contributed by atoms with Gasteiger partial charge in [0.2, 0.25) is 5.28 Å². The number of hydrogen-bond acceptors (Lipinski definition) is 6. The number of anilines is 2. The number of carbonyl (C=O) groups is 1. The molecule has 6 nitrogen and oxygen atoms in total. The van der Waals surface area contributed by atoms with Crippen LogP contribution in [0.3, 0.4) is 0 Å². The van der Waals surface area contributed by atoms with Crippen LogP contribution in [0.2, 0.25) is 5.28 Å². The van der Waals surface area contributed by atoms with Crippen molar-refractivity contribution in [1.82, 2.24) is 9.97 Å². The van der Waals surface area contributed by atoms with E-state index in [-0.39, 0.29) is 11.3 Å². The lowest BCUT2D eigenvalue weighted by molar-refractivity contribution is -0.141. The first-order valence-electron chi connectivity index (χ1n) is 5.56. The van der Waals surface area contributed by atoms with Crippen molar-refractivity contribution in [1.29, 1.82) is 0 Å². The molecule has 0 aliphatic rings. The van der Waals surface area contributed by atoms with Crippen LogP contribution >= 0.6 is 11.6 Å². The fourth-order valence-electron chi connectivity index (χ4n) is 1.48. The van der Waals surface area contributed by atoms with Crippen LogP contribution in [0.25, 0.3) is 0 Å². The van der Waals surface area contributed by atoms with Gasteiger partial charge in [-0.1, -0.05) is 13.8 Å². The lowest BCUT2D eigenvalue weighted by Crippen LogP contribution is -2.32. The van der Waals surface area contributed by atoms with Gasteiger partial charge in [-0.2, -0.15) is 4.98 Å². The molecule has 100 valence electrons. The number of ether oxygens (including phenoxy) is 1. The van der Waals surface area contributed by atoms with Gasteiger partial charge in [0.05, 0.1) is 19.0 Å². The van der Waals surface area contributed by atoms with Crippen molar-refractivity contribution in [2.45, 2.75) is 26.3 Å². The highest BCUT2D eigenvalue weighted by atomic mass is 35.5. The normalized spacial score (nSPS) is 12.3. The Labute approximate surface area is 111 Å². The maximum atomic E-state index is 11.6. The van der Waals surface area contributed by atoms with Crippen LogP contribution in [0, 0.1) is 5.92 Å². The van der Waals surface area contributed by atoms with E-state index in [0.717, 1.165) is 0 Å². The zero-order valence-corrected chi connectivity index (χ0v) is 11.4. The largest absolute Gasteiger partial charge is 0.467 e. The summed E-state index contributed by atoms with van der Waals surface area (Å²) < 4.78 is 4.74. The number of halogens is 1. The monoisotopic (exact) mass is 272 g/mol. The Hall–Kier alpha value is -1.56. The molecule has 0 saturated heterocycles. The molecule has 0 aromatic carbocycles. The molecule has 18 heavy (non-hydrogen) atoms. The topological polar surface area (TPSA) is 90.1 Å². The molecular formula is C11H17ClN4O2. The maximum Gasteiger partial charge on any atom is 0.328 e.